The molecule has 0 bridgehead atoms. The maximum absolute atomic E-state index is 13.1. The van der Waals surface area contributed by atoms with Crippen LogP contribution in [0.1, 0.15) is 36.3 Å². The first kappa shape index (κ1) is 21.1. The molecule has 1 aromatic heterocycles. The molecular weight excluding hydrogens is 428 g/mol. The first-order chi connectivity index (χ1) is 14.5. The first-order valence-corrected chi connectivity index (χ1v) is 11.0. The van der Waals surface area contributed by atoms with Crippen molar-refractivity contribution < 1.29 is 31.9 Å². The summed E-state index contributed by atoms with van der Waals surface area (Å²) in [7, 11) is -0.888. The molecular formula is C18H21N6O6S+. The normalized spacial score (nSPS) is 22.4. The molecule has 31 heavy (non-hydrogen) atoms. The van der Waals surface area contributed by atoms with Crippen LogP contribution in [0.3, 0.4) is 0 Å². The van der Waals surface area contributed by atoms with Gasteiger partial charge >= 0.3 is 11.9 Å². The molecule has 1 saturated carbocycles. The van der Waals surface area contributed by atoms with Gasteiger partial charge in [0.25, 0.3) is 17.6 Å². The quantitative estimate of drug-likeness (QED) is 0.541. The van der Waals surface area contributed by atoms with Gasteiger partial charge in [-0.2, -0.15) is 14.4 Å². The van der Waals surface area contributed by atoms with Gasteiger partial charge in [0, 0.05) is 12.6 Å². The van der Waals surface area contributed by atoms with Crippen LogP contribution in [0.2, 0.25) is 0 Å². The molecule has 1 atom stereocenters. The molecule has 1 aliphatic heterocycles. The van der Waals surface area contributed by atoms with Crippen molar-refractivity contribution in [2.24, 2.45) is 0 Å². The minimum Gasteiger partial charge on any atom is -0.352 e. The molecule has 0 saturated heterocycles. The van der Waals surface area contributed by atoms with E-state index in [-0.39, 0.29) is 23.8 Å². The Morgan fingerprint density at radius 1 is 1.39 bits per heavy atom. The van der Waals surface area contributed by atoms with Crippen molar-refractivity contribution in [2.75, 3.05) is 14.1 Å². The average Bonchev–Trinajstić information content (AvgIpc) is 3.26. The third-order valence-electron chi connectivity index (χ3n) is 5.34. The van der Waals surface area contributed by atoms with Gasteiger partial charge in [-0.05, 0) is 31.9 Å². The standard InChI is InChI=1S/C18H20N6O6S/c1-18(6-7-18)22-31(28,29)10-4-5-12-11(8-10)16(26)24(17(27)23(12)3)9-13-20-14(21-30-13)15(25)19-2/h4-5,8,10,22H,6-7,9H2,1-3H3/p+1. The highest BCUT2D eigenvalue weighted by molar-refractivity contribution is 7.90. The van der Waals surface area contributed by atoms with Crippen LogP contribution in [0, 0.1) is 0 Å². The SMILES string of the molecule is CNC(=O)c1noc(CN2C(=O)C3=CC(S(=O)(=O)NC4(C)CC4)C=CC3=[N+](C)C2=O)n1. The van der Waals surface area contributed by atoms with E-state index in [1.807, 2.05) is 6.92 Å². The first-order valence-electron chi connectivity index (χ1n) is 9.49. The van der Waals surface area contributed by atoms with Gasteiger partial charge in [0.2, 0.25) is 10.0 Å². The highest BCUT2D eigenvalue weighted by Crippen LogP contribution is 2.36. The molecule has 2 aliphatic carbocycles. The molecule has 3 aliphatic rings. The number of aromatic nitrogens is 2. The summed E-state index contributed by atoms with van der Waals surface area (Å²) in [4.78, 5) is 42.1. The minimum absolute atomic E-state index is 0.0759. The summed E-state index contributed by atoms with van der Waals surface area (Å²) in [6, 6.07) is -0.647. The molecule has 4 rings (SSSR count). The predicted molar refractivity (Wildman–Crippen MR) is 106 cm³/mol. The van der Waals surface area contributed by atoms with E-state index in [0.29, 0.717) is 5.71 Å². The number of urea groups is 1. The molecule has 2 N–H and O–H groups in total. The number of nitrogens with one attached hydrogen (secondary N) is 2. The monoisotopic (exact) mass is 449 g/mol. The summed E-state index contributed by atoms with van der Waals surface area (Å²) >= 11 is 0. The summed E-state index contributed by atoms with van der Waals surface area (Å²) in [6.45, 7) is 1.45. The van der Waals surface area contributed by atoms with Gasteiger partial charge in [0.15, 0.2) is 6.54 Å². The molecule has 13 heteroatoms. The lowest BCUT2D eigenvalue weighted by Gasteiger charge is -2.24. The molecule has 1 aromatic rings. The Morgan fingerprint density at radius 3 is 2.74 bits per heavy atom. The number of amides is 4. The highest BCUT2D eigenvalue weighted by Gasteiger charge is 2.47. The number of fused-ring (bicyclic) bond motifs is 1. The number of allylic oxidation sites excluding steroid dienone is 1. The van der Waals surface area contributed by atoms with Gasteiger partial charge in [-0.25, -0.2) is 17.9 Å². The van der Waals surface area contributed by atoms with Crippen molar-refractivity contribution in [1.82, 2.24) is 25.1 Å². The van der Waals surface area contributed by atoms with E-state index in [1.165, 1.54) is 36.9 Å². The van der Waals surface area contributed by atoms with E-state index >= 15 is 0 Å². The van der Waals surface area contributed by atoms with E-state index in [1.54, 1.807) is 0 Å². The number of nitrogens with zero attached hydrogens (tertiary/aromatic N) is 4. The van der Waals surface area contributed by atoms with Crippen molar-refractivity contribution in [3.8, 4) is 0 Å². The Labute approximate surface area is 177 Å². The predicted octanol–water partition coefficient (Wildman–Crippen LogP) is -0.689. The van der Waals surface area contributed by atoms with Crippen molar-refractivity contribution in [3.05, 3.63) is 35.5 Å². The lowest BCUT2D eigenvalue weighted by atomic mass is 10.00. The van der Waals surface area contributed by atoms with Gasteiger partial charge in [-0.1, -0.05) is 11.2 Å². The van der Waals surface area contributed by atoms with E-state index in [2.05, 4.69) is 20.2 Å². The summed E-state index contributed by atoms with van der Waals surface area (Å²) in [6.07, 6.45) is 5.72. The molecule has 1 unspecified atom stereocenters. The second-order valence-corrected chi connectivity index (χ2v) is 9.66. The fraction of sp³-hybridized carbons (Fsp3) is 0.444. The smallest absolute Gasteiger partial charge is 0.352 e. The Balaban J connectivity index is 1.62. The van der Waals surface area contributed by atoms with Crippen LogP contribution in [-0.4, -0.2) is 76.5 Å². The van der Waals surface area contributed by atoms with Gasteiger partial charge < -0.3 is 9.84 Å². The zero-order chi connectivity index (χ0) is 22.6. The van der Waals surface area contributed by atoms with E-state index in [0.717, 1.165) is 17.7 Å². The molecule has 2 heterocycles. The van der Waals surface area contributed by atoms with Gasteiger partial charge in [0.05, 0.1) is 7.05 Å². The Kier molecular flexibility index (Phi) is 4.89. The van der Waals surface area contributed by atoms with Gasteiger partial charge in [-0.15, -0.1) is 4.90 Å². The van der Waals surface area contributed by atoms with Crippen LogP contribution in [0.25, 0.3) is 0 Å². The summed E-state index contributed by atoms with van der Waals surface area (Å²) < 4.78 is 34.4. The fourth-order valence-electron chi connectivity index (χ4n) is 3.26. The van der Waals surface area contributed by atoms with Gasteiger partial charge in [-0.3, -0.25) is 4.79 Å². The fourth-order valence-corrected chi connectivity index (χ4v) is 4.89. The van der Waals surface area contributed by atoms with Crippen LogP contribution in [0.5, 0.6) is 0 Å². The number of hydrogen-bond acceptors (Lipinski definition) is 8. The number of hydrogen-bond donors (Lipinski definition) is 2. The van der Waals surface area contributed by atoms with E-state index in [9.17, 15) is 22.8 Å². The zero-order valence-electron chi connectivity index (χ0n) is 17.1. The van der Waals surface area contributed by atoms with Crippen LogP contribution in [0.4, 0.5) is 4.79 Å². The number of rotatable bonds is 6. The molecule has 1 fully saturated rings. The third-order valence-corrected chi connectivity index (χ3v) is 7.13. The minimum atomic E-state index is -3.76. The highest BCUT2D eigenvalue weighted by atomic mass is 32.2. The zero-order valence-corrected chi connectivity index (χ0v) is 17.9. The van der Waals surface area contributed by atoms with Crippen molar-refractivity contribution in [3.63, 3.8) is 0 Å². The molecule has 0 radical (unpaired) electrons. The Bertz CT molecular complexity index is 1190. The van der Waals surface area contributed by atoms with Gasteiger partial charge in [0.1, 0.15) is 16.5 Å². The van der Waals surface area contributed by atoms with Crippen LogP contribution < -0.4 is 10.0 Å². The molecule has 4 amide bonds. The lowest BCUT2D eigenvalue weighted by molar-refractivity contribution is -0.402. The Hall–Kier alpha value is -3.19. The van der Waals surface area contributed by atoms with Crippen molar-refractivity contribution in [1.29, 1.82) is 0 Å². The molecule has 0 aromatic carbocycles. The molecule has 0 spiro atoms. The average molecular weight is 449 g/mol. The Morgan fingerprint density at radius 2 is 2.10 bits per heavy atom. The summed E-state index contributed by atoms with van der Waals surface area (Å²) in [5, 5.41) is 4.79. The second-order valence-electron chi connectivity index (χ2n) is 7.82. The van der Waals surface area contributed by atoms with Crippen LogP contribution >= 0.6 is 0 Å². The number of carbonyl (C=O) groups excluding carboxylic acids is 3. The van der Waals surface area contributed by atoms with Crippen LogP contribution in [0.15, 0.2) is 28.3 Å². The second kappa shape index (κ2) is 7.20. The summed E-state index contributed by atoms with van der Waals surface area (Å²) in [5.74, 6) is -1.62. The van der Waals surface area contributed by atoms with Crippen molar-refractivity contribution >= 4 is 33.6 Å². The topological polar surface area (TPSA) is 155 Å². The number of sulfonamides is 1. The third kappa shape index (κ3) is 3.81. The van der Waals surface area contributed by atoms with Crippen molar-refractivity contribution in [2.45, 2.75) is 37.1 Å². The number of carbonyl (C=O) groups is 3. The lowest BCUT2D eigenvalue weighted by Crippen LogP contribution is -2.50. The number of imide groups is 1. The largest absolute Gasteiger partial charge is 0.501 e. The maximum Gasteiger partial charge on any atom is 0.501 e. The maximum atomic E-state index is 13.1. The van der Waals surface area contributed by atoms with E-state index in [4.69, 9.17) is 4.52 Å². The van der Waals surface area contributed by atoms with E-state index < -0.39 is 38.7 Å². The molecule has 164 valence electrons. The van der Waals surface area contributed by atoms with Crippen LogP contribution in [-0.2, 0) is 21.4 Å². The summed E-state index contributed by atoms with van der Waals surface area (Å²) in [5.41, 5.74) is -0.0794. The molecule has 12 nitrogen and oxygen atoms in total.